The molecule has 0 aromatic rings. The van der Waals surface area contributed by atoms with Crippen LogP contribution < -0.4 is 5.73 Å². The van der Waals surface area contributed by atoms with E-state index in [1.807, 2.05) is 0 Å². The van der Waals surface area contributed by atoms with Crippen LogP contribution in [0.15, 0.2) is 0 Å². The highest BCUT2D eigenvalue weighted by molar-refractivity contribution is 4.95. The molecule has 1 aliphatic rings. The van der Waals surface area contributed by atoms with Gasteiger partial charge in [0.15, 0.2) is 0 Å². The van der Waals surface area contributed by atoms with Gasteiger partial charge in [0.1, 0.15) is 0 Å². The van der Waals surface area contributed by atoms with E-state index in [-0.39, 0.29) is 0 Å². The largest absolute Gasteiger partial charge is 0.383 e. The number of rotatable bonds is 8. The molecule has 2 atom stereocenters. The normalized spacial score (nSPS) is 27.0. The summed E-state index contributed by atoms with van der Waals surface area (Å²) in [5.41, 5.74) is 6.66. The van der Waals surface area contributed by atoms with Crippen LogP contribution in [0.1, 0.15) is 26.7 Å². The van der Waals surface area contributed by atoms with Gasteiger partial charge < -0.3 is 15.2 Å². The lowest BCUT2D eigenvalue weighted by Gasteiger charge is -2.31. The fourth-order valence-electron chi connectivity index (χ4n) is 2.81. The van der Waals surface area contributed by atoms with Crippen molar-refractivity contribution in [3.8, 4) is 0 Å². The van der Waals surface area contributed by atoms with E-state index in [0.29, 0.717) is 17.4 Å². The van der Waals surface area contributed by atoms with E-state index < -0.39 is 0 Å². The Labute approximate surface area is 112 Å². The first-order valence-electron chi connectivity index (χ1n) is 6.97. The van der Waals surface area contributed by atoms with Crippen LogP contribution in [0.5, 0.6) is 0 Å². The second kappa shape index (κ2) is 7.43. The van der Waals surface area contributed by atoms with Gasteiger partial charge in [0, 0.05) is 39.9 Å². The van der Waals surface area contributed by atoms with Gasteiger partial charge in [-0.15, -0.1) is 0 Å². The Hall–Kier alpha value is -0.160. The Bertz CT molecular complexity index is 226. The molecular formula is C14H30N2O2. The number of hydrogen-bond donors (Lipinski definition) is 1. The van der Waals surface area contributed by atoms with Crippen molar-refractivity contribution in [3.05, 3.63) is 0 Å². The smallest absolute Gasteiger partial charge is 0.0589 e. The first-order chi connectivity index (χ1) is 8.51. The molecule has 0 bridgehead atoms. The zero-order valence-corrected chi connectivity index (χ0v) is 12.4. The van der Waals surface area contributed by atoms with Crippen LogP contribution in [-0.2, 0) is 9.47 Å². The van der Waals surface area contributed by atoms with E-state index in [2.05, 4.69) is 18.7 Å². The van der Waals surface area contributed by atoms with Crippen LogP contribution in [-0.4, -0.2) is 58.0 Å². The van der Waals surface area contributed by atoms with Crippen LogP contribution in [0.2, 0.25) is 0 Å². The minimum Gasteiger partial charge on any atom is -0.383 e. The van der Waals surface area contributed by atoms with Gasteiger partial charge >= 0.3 is 0 Å². The average Bonchev–Trinajstić information content (AvgIpc) is 2.59. The Balaban J connectivity index is 2.44. The second-order valence-electron chi connectivity index (χ2n) is 6.10. The topological polar surface area (TPSA) is 47.7 Å². The molecule has 0 spiro atoms. The molecule has 0 amide bonds. The van der Waals surface area contributed by atoms with E-state index in [0.717, 1.165) is 32.8 Å². The fraction of sp³-hybridized carbons (Fsp3) is 1.00. The van der Waals surface area contributed by atoms with Crippen molar-refractivity contribution in [1.29, 1.82) is 0 Å². The van der Waals surface area contributed by atoms with Gasteiger partial charge in [-0.25, -0.2) is 0 Å². The number of hydrogen-bond acceptors (Lipinski definition) is 4. The van der Waals surface area contributed by atoms with Crippen LogP contribution in [0.3, 0.4) is 0 Å². The summed E-state index contributed by atoms with van der Waals surface area (Å²) in [5, 5.41) is 0. The van der Waals surface area contributed by atoms with Crippen molar-refractivity contribution in [1.82, 2.24) is 4.90 Å². The van der Waals surface area contributed by atoms with E-state index in [1.165, 1.54) is 12.8 Å². The first kappa shape index (κ1) is 15.9. The number of nitrogens with zero attached hydrogens (tertiary/aromatic N) is 1. The molecule has 0 aromatic heterocycles. The van der Waals surface area contributed by atoms with Crippen molar-refractivity contribution in [2.75, 3.05) is 47.1 Å². The highest BCUT2D eigenvalue weighted by Gasteiger charge is 2.39. The molecule has 1 saturated carbocycles. The predicted octanol–water partition coefficient (Wildman–Crippen LogP) is 1.34. The molecular weight excluding hydrogens is 228 g/mol. The van der Waals surface area contributed by atoms with Crippen LogP contribution in [0.4, 0.5) is 0 Å². The number of ether oxygens (including phenoxy) is 2. The second-order valence-corrected chi connectivity index (χ2v) is 6.10. The van der Waals surface area contributed by atoms with E-state index in [4.69, 9.17) is 15.2 Å². The monoisotopic (exact) mass is 258 g/mol. The molecule has 4 heteroatoms. The minimum absolute atomic E-state index is 0.291. The summed E-state index contributed by atoms with van der Waals surface area (Å²) in [6, 6.07) is 0.310. The molecule has 0 saturated heterocycles. The SMILES string of the molecule is COCCN(CCOC)CC1CCC(C)(C)C1N. The molecule has 4 nitrogen and oxygen atoms in total. The molecule has 1 fully saturated rings. The number of nitrogens with two attached hydrogens (primary N) is 1. The summed E-state index contributed by atoms with van der Waals surface area (Å²) in [4.78, 5) is 2.42. The zero-order chi connectivity index (χ0) is 13.6. The Kier molecular flexibility index (Phi) is 6.57. The highest BCUT2D eigenvalue weighted by Crippen LogP contribution is 2.40. The van der Waals surface area contributed by atoms with Gasteiger partial charge in [0.05, 0.1) is 13.2 Å². The van der Waals surface area contributed by atoms with E-state index in [9.17, 15) is 0 Å². The standard InChI is InChI=1S/C14H30N2O2/c1-14(2)6-5-12(13(14)15)11-16(7-9-17-3)8-10-18-4/h12-13H,5-11,15H2,1-4H3. The maximum Gasteiger partial charge on any atom is 0.0589 e. The van der Waals surface area contributed by atoms with Crippen molar-refractivity contribution in [3.63, 3.8) is 0 Å². The fourth-order valence-corrected chi connectivity index (χ4v) is 2.81. The molecule has 0 aliphatic heterocycles. The van der Waals surface area contributed by atoms with E-state index >= 15 is 0 Å². The lowest BCUT2D eigenvalue weighted by Crippen LogP contribution is -2.43. The number of methoxy groups -OCH3 is 2. The van der Waals surface area contributed by atoms with Crippen LogP contribution in [0.25, 0.3) is 0 Å². The van der Waals surface area contributed by atoms with Crippen LogP contribution >= 0.6 is 0 Å². The third-order valence-corrected chi connectivity index (χ3v) is 4.29. The Morgan fingerprint density at radius 2 is 1.72 bits per heavy atom. The van der Waals surface area contributed by atoms with Crippen LogP contribution in [0, 0.1) is 11.3 Å². The Morgan fingerprint density at radius 3 is 2.11 bits per heavy atom. The van der Waals surface area contributed by atoms with Crippen molar-refractivity contribution >= 4 is 0 Å². The minimum atomic E-state index is 0.291. The molecule has 1 aliphatic carbocycles. The molecule has 2 unspecified atom stereocenters. The molecule has 0 aromatic carbocycles. The third-order valence-electron chi connectivity index (χ3n) is 4.29. The van der Waals surface area contributed by atoms with Crippen molar-refractivity contribution < 1.29 is 9.47 Å². The molecule has 0 heterocycles. The molecule has 1 rings (SSSR count). The highest BCUT2D eigenvalue weighted by atomic mass is 16.5. The lowest BCUT2D eigenvalue weighted by atomic mass is 9.85. The van der Waals surface area contributed by atoms with Gasteiger partial charge in [-0.3, -0.25) is 4.90 Å². The van der Waals surface area contributed by atoms with Gasteiger partial charge in [-0.2, -0.15) is 0 Å². The van der Waals surface area contributed by atoms with Gasteiger partial charge in [-0.1, -0.05) is 13.8 Å². The summed E-state index contributed by atoms with van der Waals surface area (Å²) in [5.74, 6) is 0.605. The summed E-state index contributed by atoms with van der Waals surface area (Å²) in [6.45, 7) is 9.10. The van der Waals surface area contributed by atoms with Gasteiger partial charge in [-0.05, 0) is 24.2 Å². The average molecular weight is 258 g/mol. The van der Waals surface area contributed by atoms with Gasteiger partial charge in [0.2, 0.25) is 0 Å². The van der Waals surface area contributed by atoms with Crippen molar-refractivity contribution in [2.45, 2.75) is 32.7 Å². The quantitative estimate of drug-likeness (QED) is 0.714. The van der Waals surface area contributed by atoms with Crippen molar-refractivity contribution in [2.24, 2.45) is 17.1 Å². The lowest BCUT2D eigenvalue weighted by molar-refractivity contribution is 0.100. The van der Waals surface area contributed by atoms with Gasteiger partial charge in [0.25, 0.3) is 0 Å². The first-order valence-corrected chi connectivity index (χ1v) is 6.97. The summed E-state index contributed by atoms with van der Waals surface area (Å²) in [7, 11) is 3.50. The maximum atomic E-state index is 6.37. The summed E-state index contributed by atoms with van der Waals surface area (Å²) in [6.07, 6.45) is 2.48. The Morgan fingerprint density at radius 1 is 1.17 bits per heavy atom. The predicted molar refractivity (Wildman–Crippen MR) is 74.7 cm³/mol. The molecule has 0 radical (unpaired) electrons. The van der Waals surface area contributed by atoms with E-state index in [1.54, 1.807) is 14.2 Å². The third kappa shape index (κ3) is 4.50. The maximum absolute atomic E-state index is 6.37. The zero-order valence-electron chi connectivity index (χ0n) is 12.4. The molecule has 108 valence electrons. The summed E-state index contributed by atoms with van der Waals surface area (Å²) < 4.78 is 10.3. The molecule has 2 N–H and O–H groups in total. The molecule has 18 heavy (non-hydrogen) atoms. The summed E-state index contributed by atoms with van der Waals surface area (Å²) >= 11 is 0.